The number of imidazole rings is 1. The van der Waals surface area contributed by atoms with Crippen LogP contribution < -0.4 is 16.1 Å². The molecular weight excluding hydrogens is 481 g/mol. The largest absolute Gasteiger partial charge is 0.398 e. The molecule has 0 aliphatic heterocycles. The third kappa shape index (κ3) is 4.05. The van der Waals surface area contributed by atoms with Crippen molar-refractivity contribution in [2.24, 2.45) is 0 Å². The number of fused-ring (bicyclic) bond motifs is 1. The molecule has 5 rings (SSSR count). The summed E-state index contributed by atoms with van der Waals surface area (Å²) >= 11 is 6.20. The second-order valence-corrected chi connectivity index (χ2v) is 14.4. The van der Waals surface area contributed by atoms with Gasteiger partial charge in [-0.15, -0.1) is 0 Å². The van der Waals surface area contributed by atoms with E-state index in [1.807, 2.05) is 36.4 Å². The van der Waals surface area contributed by atoms with Gasteiger partial charge in [-0.25, -0.2) is 9.37 Å². The lowest BCUT2D eigenvalue weighted by molar-refractivity contribution is 0.189. The first-order chi connectivity index (χ1) is 16.7. The van der Waals surface area contributed by atoms with E-state index in [0.29, 0.717) is 17.6 Å². The zero-order chi connectivity index (χ0) is 24.8. The van der Waals surface area contributed by atoms with E-state index in [1.165, 1.54) is 0 Å². The lowest BCUT2D eigenvalue weighted by atomic mass is 10.2. The Morgan fingerprint density at radius 2 is 1.63 bits per heavy atom. The molecule has 35 heavy (non-hydrogen) atoms. The van der Waals surface area contributed by atoms with Gasteiger partial charge in [0, 0.05) is 6.42 Å². The molecule has 4 aromatic rings. The van der Waals surface area contributed by atoms with Gasteiger partial charge in [-0.2, -0.15) is 9.97 Å². The fraction of sp³-hybridized carbons (Fsp3) is 0.269. The van der Waals surface area contributed by atoms with E-state index in [9.17, 15) is 0 Å². The minimum absolute atomic E-state index is 0.0480. The molecule has 2 heterocycles. The summed E-state index contributed by atoms with van der Waals surface area (Å²) in [6, 6.07) is 20.1. The maximum absolute atomic E-state index is 15.6. The smallest absolute Gasteiger partial charge is 0.262 e. The molecule has 1 aliphatic rings. The minimum atomic E-state index is -2.91. The molecule has 0 saturated heterocycles. The molecule has 0 amide bonds. The number of nitrogen functional groups attached to an aromatic ring is 1. The molecule has 9 heteroatoms. The molecular formula is C26H27ClFN5OSi. The van der Waals surface area contributed by atoms with Gasteiger partial charge >= 0.3 is 0 Å². The van der Waals surface area contributed by atoms with Gasteiger partial charge in [-0.3, -0.25) is 0 Å². The average Bonchev–Trinajstić information content (AvgIpc) is 3.41. The van der Waals surface area contributed by atoms with Crippen LogP contribution in [0.2, 0.25) is 10.2 Å². The van der Waals surface area contributed by atoms with Crippen LogP contribution in [0.4, 0.5) is 10.3 Å². The lowest BCUT2D eigenvalue weighted by Crippen LogP contribution is -2.67. The highest BCUT2D eigenvalue weighted by molar-refractivity contribution is 6.99. The van der Waals surface area contributed by atoms with E-state index in [2.05, 4.69) is 60.0 Å². The number of hydrogen-bond acceptors (Lipinski definition) is 5. The van der Waals surface area contributed by atoms with Crippen molar-refractivity contribution < 1.29 is 8.82 Å². The molecule has 0 spiro atoms. The third-order valence-corrected chi connectivity index (χ3v) is 11.9. The van der Waals surface area contributed by atoms with Crippen molar-refractivity contribution in [1.82, 2.24) is 19.5 Å². The second kappa shape index (κ2) is 8.86. The third-order valence-electron chi connectivity index (χ3n) is 6.60. The normalized spacial score (nSPS) is 18.7. The number of benzene rings is 2. The van der Waals surface area contributed by atoms with Crippen molar-refractivity contribution in [2.75, 3.05) is 5.73 Å². The van der Waals surface area contributed by atoms with E-state index >= 15 is 4.39 Å². The Bertz CT molecular complexity index is 1350. The summed E-state index contributed by atoms with van der Waals surface area (Å²) < 4.78 is 24.4. The molecule has 0 bridgehead atoms. The van der Waals surface area contributed by atoms with E-state index in [-0.39, 0.29) is 28.0 Å². The molecule has 2 aromatic heterocycles. The standard InChI is InChI=1S/C26H27ClFN5OSi/c1-26(2,3)35(18-10-6-4-7-11-18,19-12-8-5-9-13-19)34-21-15-17(14-20(21)28)33-16-30-22-23(27)31-25(29)32-24(22)33/h4-14,16-17,21H,15H2,1-3H3,(H2,29,31,32)/t17-,21+/m1/s1. The summed E-state index contributed by atoms with van der Waals surface area (Å²) in [5.74, 6) is -0.246. The van der Waals surface area contributed by atoms with Crippen LogP contribution in [0.5, 0.6) is 0 Å². The van der Waals surface area contributed by atoms with Crippen molar-refractivity contribution in [2.45, 2.75) is 44.4 Å². The number of allylic oxidation sites excluding steroid dienone is 1. The Hall–Kier alpha value is -3.07. The van der Waals surface area contributed by atoms with E-state index in [1.54, 1.807) is 17.0 Å². The summed E-state index contributed by atoms with van der Waals surface area (Å²) in [7, 11) is -2.91. The molecule has 2 N–H and O–H groups in total. The van der Waals surface area contributed by atoms with Gasteiger partial charge in [-0.05, 0) is 21.5 Å². The maximum atomic E-state index is 15.6. The predicted molar refractivity (Wildman–Crippen MR) is 140 cm³/mol. The van der Waals surface area contributed by atoms with Crippen LogP contribution in [0.3, 0.4) is 0 Å². The van der Waals surface area contributed by atoms with E-state index in [0.717, 1.165) is 10.4 Å². The number of nitrogens with two attached hydrogens (primary N) is 1. The van der Waals surface area contributed by atoms with Crippen LogP contribution in [-0.2, 0) is 4.43 Å². The maximum Gasteiger partial charge on any atom is 0.262 e. The number of halogens is 2. The van der Waals surface area contributed by atoms with Crippen molar-refractivity contribution in [3.63, 3.8) is 0 Å². The molecule has 0 fully saturated rings. The Balaban J connectivity index is 1.56. The fourth-order valence-corrected chi connectivity index (χ4v) is 9.90. The Labute approximate surface area is 209 Å². The highest BCUT2D eigenvalue weighted by Crippen LogP contribution is 2.42. The van der Waals surface area contributed by atoms with E-state index in [4.69, 9.17) is 21.8 Å². The SMILES string of the molecule is CC(C)(C)[Si](O[C@H]1C[C@H](n2cnc3c(Cl)nc(N)nc32)C=C1F)(c1ccccc1)c1ccccc1. The first-order valence-electron chi connectivity index (χ1n) is 11.5. The fourth-order valence-electron chi connectivity index (χ4n) is 5.03. The predicted octanol–water partition coefficient (Wildman–Crippen LogP) is 4.81. The van der Waals surface area contributed by atoms with E-state index < -0.39 is 14.4 Å². The Kier molecular flexibility index (Phi) is 5.99. The highest BCUT2D eigenvalue weighted by Gasteiger charge is 2.52. The van der Waals surface area contributed by atoms with Crippen LogP contribution in [0, 0.1) is 0 Å². The van der Waals surface area contributed by atoms with Crippen LogP contribution in [0.1, 0.15) is 33.2 Å². The van der Waals surface area contributed by atoms with Gasteiger partial charge in [0.15, 0.2) is 10.8 Å². The first-order valence-corrected chi connectivity index (χ1v) is 13.8. The van der Waals surface area contributed by atoms with Crippen molar-refractivity contribution >= 4 is 47.4 Å². The molecule has 0 saturated carbocycles. The monoisotopic (exact) mass is 507 g/mol. The van der Waals surface area contributed by atoms with Crippen LogP contribution in [-0.4, -0.2) is 33.9 Å². The van der Waals surface area contributed by atoms with Crippen molar-refractivity contribution in [1.29, 1.82) is 0 Å². The summed E-state index contributed by atoms with van der Waals surface area (Å²) in [5, 5.41) is 2.13. The topological polar surface area (TPSA) is 78.8 Å². The molecule has 1 aliphatic carbocycles. The zero-order valence-electron chi connectivity index (χ0n) is 19.8. The van der Waals surface area contributed by atoms with Gasteiger partial charge in [0.2, 0.25) is 5.95 Å². The van der Waals surface area contributed by atoms with Crippen LogP contribution in [0.25, 0.3) is 11.2 Å². The van der Waals surface area contributed by atoms with Crippen LogP contribution in [0.15, 0.2) is 78.9 Å². The van der Waals surface area contributed by atoms with Crippen molar-refractivity contribution in [3.8, 4) is 0 Å². The molecule has 2 aromatic carbocycles. The number of anilines is 1. The number of nitrogens with zero attached hydrogens (tertiary/aromatic N) is 4. The lowest BCUT2D eigenvalue weighted by Gasteiger charge is -2.44. The molecule has 180 valence electrons. The van der Waals surface area contributed by atoms with Gasteiger partial charge < -0.3 is 14.7 Å². The number of rotatable bonds is 5. The number of hydrogen-bond donors (Lipinski definition) is 1. The Morgan fingerprint density at radius 3 is 2.20 bits per heavy atom. The highest BCUT2D eigenvalue weighted by atomic mass is 35.5. The second-order valence-electron chi connectivity index (χ2n) is 9.82. The van der Waals surface area contributed by atoms with Gasteiger partial charge in [0.05, 0.1) is 18.5 Å². The summed E-state index contributed by atoms with van der Waals surface area (Å²) in [5.41, 5.74) is 6.72. The average molecular weight is 508 g/mol. The molecule has 0 unspecified atom stereocenters. The molecule has 6 nitrogen and oxygen atoms in total. The minimum Gasteiger partial charge on any atom is -0.398 e. The van der Waals surface area contributed by atoms with Gasteiger partial charge in [-0.1, -0.05) is 93.0 Å². The Morgan fingerprint density at radius 1 is 1.03 bits per heavy atom. The molecule has 2 atom stereocenters. The van der Waals surface area contributed by atoms with Crippen molar-refractivity contribution in [3.05, 3.63) is 84.0 Å². The first kappa shape index (κ1) is 23.7. The van der Waals surface area contributed by atoms with Gasteiger partial charge in [0.1, 0.15) is 11.3 Å². The number of aromatic nitrogens is 4. The summed E-state index contributed by atoms with van der Waals surface area (Å²) in [6.45, 7) is 6.54. The zero-order valence-corrected chi connectivity index (χ0v) is 21.6. The van der Waals surface area contributed by atoms with Crippen LogP contribution >= 0.6 is 11.6 Å². The molecule has 0 radical (unpaired) electrons. The van der Waals surface area contributed by atoms with Gasteiger partial charge in [0.25, 0.3) is 8.32 Å². The summed E-state index contributed by atoms with van der Waals surface area (Å²) in [4.78, 5) is 12.6. The summed E-state index contributed by atoms with van der Waals surface area (Å²) in [6.07, 6.45) is 2.88. The quantitative estimate of drug-likeness (QED) is 0.310.